The topological polar surface area (TPSA) is 26.3 Å². The Morgan fingerprint density at radius 3 is 1.79 bits per heavy atom. The van der Waals surface area contributed by atoms with Crippen molar-refractivity contribution in [3.8, 4) is 0 Å². The molecule has 19 heavy (non-hydrogen) atoms. The number of ketones is 1. The summed E-state index contributed by atoms with van der Waals surface area (Å²) >= 11 is -2.49. The van der Waals surface area contributed by atoms with Crippen LogP contribution in [0.5, 0.6) is 0 Å². The van der Waals surface area contributed by atoms with E-state index in [1.54, 1.807) is 12.3 Å². The van der Waals surface area contributed by atoms with Gasteiger partial charge in [0.15, 0.2) is 0 Å². The number of carbonyl (C=O) groups is 1. The second kappa shape index (κ2) is 9.04. The molecule has 2 nitrogen and oxygen atoms in total. The first-order chi connectivity index (χ1) is 9.20. The molecule has 0 bridgehead atoms. The Bertz CT molecular complexity index is 277. The summed E-state index contributed by atoms with van der Waals surface area (Å²) in [5, 5.41) is 0. The maximum absolute atomic E-state index is 12.2. The average molecular weight is 373 g/mol. The summed E-state index contributed by atoms with van der Waals surface area (Å²) < 4.78 is 9.79. The van der Waals surface area contributed by atoms with E-state index in [-0.39, 0.29) is 9.90 Å². The van der Waals surface area contributed by atoms with Crippen LogP contribution in [0.1, 0.15) is 59.3 Å². The zero-order chi connectivity index (χ0) is 14.1. The average Bonchev–Trinajstić information content (AvgIpc) is 2.85. The molecule has 0 radical (unpaired) electrons. The van der Waals surface area contributed by atoms with Crippen LogP contribution in [0, 0.1) is 0 Å². The standard InChI is InChI=1S/C4H3O2.3C4H9.Sn/c5-4-1-2-6-3-4;3*1-3-4-2;/h1-3H;3*1,3-4H2,2H3;. The van der Waals surface area contributed by atoms with Gasteiger partial charge in [0.2, 0.25) is 0 Å². The molecule has 1 aliphatic rings. The molecule has 0 saturated heterocycles. The number of carbonyl (C=O) groups excluding carboxylic acids is 1. The molecule has 0 spiro atoms. The van der Waals surface area contributed by atoms with Crippen LogP contribution in [0.25, 0.3) is 0 Å². The van der Waals surface area contributed by atoms with Crippen molar-refractivity contribution in [3.05, 3.63) is 12.3 Å². The minimum absolute atomic E-state index is 0.000972. The summed E-state index contributed by atoms with van der Waals surface area (Å²) in [5.41, 5.74) is 0. The first-order valence-corrected chi connectivity index (χ1v) is 15.8. The molecule has 0 aliphatic carbocycles. The fourth-order valence-corrected chi connectivity index (χ4v) is 19.6. The Balaban J connectivity index is 2.84. The summed E-state index contributed by atoms with van der Waals surface area (Å²) in [6.45, 7) is 6.77. The summed E-state index contributed by atoms with van der Waals surface area (Å²) in [4.78, 5) is 12.2. The van der Waals surface area contributed by atoms with E-state index in [1.807, 2.05) is 0 Å². The third-order valence-electron chi connectivity index (χ3n) is 4.35. The van der Waals surface area contributed by atoms with Gasteiger partial charge < -0.3 is 0 Å². The van der Waals surface area contributed by atoms with Gasteiger partial charge in [-0.25, -0.2) is 0 Å². The Labute approximate surface area is 122 Å². The Morgan fingerprint density at radius 2 is 1.47 bits per heavy atom. The van der Waals surface area contributed by atoms with Gasteiger partial charge in [0, 0.05) is 0 Å². The third kappa shape index (κ3) is 4.80. The first-order valence-electron chi connectivity index (χ1n) is 8.06. The minimum atomic E-state index is -2.49. The third-order valence-corrected chi connectivity index (χ3v) is 20.3. The molecular formula is C16H30O2Sn. The van der Waals surface area contributed by atoms with Crippen LogP contribution < -0.4 is 0 Å². The van der Waals surface area contributed by atoms with Gasteiger partial charge in [-0.15, -0.1) is 0 Å². The van der Waals surface area contributed by atoms with Gasteiger partial charge in [-0.1, -0.05) is 0 Å². The number of ether oxygens (including phenoxy) is 1. The summed E-state index contributed by atoms with van der Waals surface area (Å²) in [7, 11) is 0. The normalized spacial score (nSPS) is 18.9. The number of unbranched alkanes of at least 4 members (excludes halogenated alkanes) is 3. The first kappa shape index (κ1) is 17.1. The van der Waals surface area contributed by atoms with Crippen LogP contribution in [-0.2, 0) is 9.53 Å². The van der Waals surface area contributed by atoms with E-state index in [2.05, 4.69) is 20.8 Å². The van der Waals surface area contributed by atoms with Crippen molar-refractivity contribution in [3.63, 3.8) is 0 Å². The monoisotopic (exact) mass is 374 g/mol. The summed E-state index contributed by atoms with van der Waals surface area (Å²) in [5.74, 6) is 0.277. The Hall–Kier alpha value is 0.00870. The van der Waals surface area contributed by atoms with Gasteiger partial charge in [0.05, 0.1) is 0 Å². The molecule has 110 valence electrons. The van der Waals surface area contributed by atoms with Crippen molar-refractivity contribution < 1.29 is 9.53 Å². The van der Waals surface area contributed by atoms with E-state index in [0.29, 0.717) is 0 Å². The molecule has 0 N–H and O–H groups in total. The predicted molar refractivity (Wildman–Crippen MR) is 83.9 cm³/mol. The molecule has 0 aromatic carbocycles. The van der Waals surface area contributed by atoms with Gasteiger partial charge in [-0.3, -0.25) is 0 Å². The molecule has 1 rings (SSSR count). The second-order valence-corrected chi connectivity index (χ2v) is 19.4. The van der Waals surface area contributed by atoms with Gasteiger partial charge in [0.1, 0.15) is 0 Å². The van der Waals surface area contributed by atoms with Gasteiger partial charge in [-0.05, 0) is 0 Å². The van der Waals surface area contributed by atoms with Crippen LogP contribution in [-0.4, -0.2) is 28.3 Å². The van der Waals surface area contributed by atoms with Crippen molar-refractivity contribution in [2.45, 2.75) is 76.7 Å². The van der Waals surface area contributed by atoms with Crippen LogP contribution in [0.4, 0.5) is 0 Å². The number of hydrogen-bond acceptors (Lipinski definition) is 2. The van der Waals surface area contributed by atoms with Crippen molar-refractivity contribution >= 4 is 24.2 Å². The zero-order valence-electron chi connectivity index (χ0n) is 12.9. The van der Waals surface area contributed by atoms with Crippen molar-refractivity contribution in [1.29, 1.82) is 0 Å². The van der Waals surface area contributed by atoms with Gasteiger partial charge in [0.25, 0.3) is 0 Å². The van der Waals surface area contributed by atoms with Gasteiger partial charge >= 0.3 is 123 Å². The van der Waals surface area contributed by atoms with Crippen molar-refractivity contribution in [2.24, 2.45) is 0 Å². The molecular weight excluding hydrogens is 343 g/mol. The van der Waals surface area contributed by atoms with E-state index < -0.39 is 18.4 Å². The molecule has 1 atom stereocenters. The fraction of sp³-hybridized carbons (Fsp3) is 0.812. The van der Waals surface area contributed by atoms with Crippen LogP contribution in [0.15, 0.2) is 12.3 Å². The summed E-state index contributed by atoms with van der Waals surface area (Å²) in [6.07, 6.45) is 10.9. The second-order valence-electron chi connectivity index (χ2n) is 5.89. The van der Waals surface area contributed by atoms with Crippen LogP contribution >= 0.6 is 0 Å². The SMILES string of the molecule is CCC[CH2][Sn]([CH2]CCC)([CH2]CCC)[CH]1OC=CC1=O. The number of rotatable bonds is 10. The molecule has 0 aromatic heterocycles. The zero-order valence-corrected chi connectivity index (χ0v) is 15.8. The quantitative estimate of drug-likeness (QED) is 0.512. The molecule has 1 unspecified atom stereocenters. The number of hydrogen-bond donors (Lipinski definition) is 0. The van der Waals surface area contributed by atoms with E-state index in [4.69, 9.17) is 4.74 Å². The Kier molecular flexibility index (Phi) is 8.12. The van der Waals surface area contributed by atoms with E-state index in [0.717, 1.165) is 0 Å². The van der Waals surface area contributed by atoms with Crippen LogP contribution in [0.2, 0.25) is 13.3 Å². The predicted octanol–water partition coefficient (Wildman–Crippen LogP) is 4.86. The van der Waals surface area contributed by atoms with E-state index in [1.165, 1.54) is 51.8 Å². The van der Waals surface area contributed by atoms with Crippen molar-refractivity contribution in [1.82, 2.24) is 0 Å². The molecule has 1 heterocycles. The molecule has 0 aromatic rings. The molecule has 3 heteroatoms. The Morgan fingerprint density at radius 1 is 1.00 bits per heavy atom. The van der Waals surface area contributed by atoms with Crippen LogP contribution in [0.3, 0.4) is 0 Å². The fourth-order valence-electron chi connectivity index (χ4n) is 3.14. The molecule has 0 amide bonds. The molecule has 0 saturated carbocycles. The van der Waals surface area contributed by atoms with Crippen molar-refractivity contribution in [2.75, 3.05) is 0 Å². The molecule has 1 aliphatic heterocycles. The summed E-state index contributed by atoms with van der Waals surface area (Å²) in [6, 6.07) is 0. The van der Waals surface area contributed by atoms with Gasteiger partial charge in [-0.2, -0.15) is 0 Å². The maximum atomic E-state index is 12.2. The van der Waals surface area contributed by atoms with E-state index in [9.17, 15) is 4.79 Å². The molecule has 0 fully saturated rings. The van der Waals surface area contributed by atoms with E-state index >= 15 is 0 Å².